The molecule has 0 amide bonds. The van der Waals surface area contributed by atoms with Crippen molar-refractivity contribution in [2.24, 2.45) is 0 Å². The molecule has 0 fully saturated rings. The van der Waals surface area contributed by atoms with Crippen LogP contribution in [-0.4, -0.2) is 50.4 Å². The molecule has 29 heavy (non-hydrogen) atoms. The van der Waals surface area contributed by atoms with E-state index in [1.165, 1.54) is 36.2 Å². The Bertz CT molecular complexity index is 963. The molecule has 1 rings (SSSR count). The fourth-order valence-electron chi connectivity index (χ4n) is 2.23. The average molecular weight is 397 g/mol. The van der Waals surface area contributed by atoms with Crippen molar-refractivity contribution < 1.29 is 33.4 Å². The molecule has 0 spiro atoms. The molecule has 0 saturated carbocycles. The van der Waals surface area contributed by atoms with Gasteiger partial charge in [0.15, 0.2) is 5.78 Å². The molecule has 0 aliphatic carbocycles. The maximum atomic E-state index is 13.2. The highest BCUT2D eigenvalue weighted by atomic mass is 16.5. The van der Waals surface area contributed by atoms with Gasteiger partial charge < -0.3 is 19.6 Å². The van der Waals surface area contributed by atoms with E-state index in [1.807, 2.05) is 0 Å². The van der Waals surface area contributed by atoms with Gasteiger partial charge in [-0.25, -0.2) is 14.4 Å². The van der Waals surface area contributed by atoms with E-state index in [9.17, 15) is 29.8 Å². The van der Waals surface area contributed by atoms with E-state index in [4.69, 9.17) is 4.74 Å². The van der Waals surface area contributed by atoms with Crippen LogP contribution in [0.1, 0.15) is 34.1 Å². The minimum Gasteiger partial charge on any atom is -0.763 e. The Kier molecular flexibility index (Phi) is 8.71. The van der Waals surface area contributed by atoms with Gasteiger partial charge in [-0.3, -0.25) is 10.7 Å². The van der Waals surface area contributed by atoms with Crippen molar-refractivity contribution in [1.29, 1.82) is 5.26 Å². The molecule has 1 aromatic carbocycles. The molecule has 0 N–H and O–H groups in total. The maximum absolute atomic E-state index is 13.2. The molecule has 150 valence electrons. The van der Waals surface area contributed by atoms with Gasteiger partial charge in [-0.1, -0.05) is 25.1 Å². The number of benzene rings is 1. The van der Waals surface area contributed by atoms with Crippen LogP contribution >= 0.6 is 0 Å². The third-order valence-corrected chi connectivity index (χ3v) is 3.56. The van der Waals surface area contributed by atoms with Gasteiger partial charge in [0.05, 0.1) is 37.5 Å². The van der Waals surface area contributed by atoms with Crippen LogP contribution in [0.3, 0.4) is 0 Å². The van der Waals surface area contributed by atoms with Crippen LogP contribution < -0.4 is 0 Å². The molecule has 0 atom stereocenters. The number of nitriles is 1. The van der Waals surface area contributed by atoms with Gasteiger partial charge in [0.2, 0.25) is 0 Å². The Morgan fingerprint density at radius 3 is 2.10 bits per heavy atom. The molecular weight excluding hydrogens is 380 g/mol. The fourth-order valence-corrected chi connectivity index (χ4v) is 2.23. The van der Waals surface area contributed by atoms with Crippen molar-refractivity contribution in [1.82, 2.24) is 0 Å². The molecule has 9 nitrogen and oxygen atoms in total. The number of Topliss-reactive ketones (excluding diaryl/α,β-unsaturated/α-hetero) is 1. The number of nitrogens with zero attached hydrogens (tertiary/aromatic N) is 2. The standard InChI is InChI=1S/C20H17N2O7/c1-4-9-29-20(26)13-8-6-5-7-12(13)17(23)16(14(10-21)18(24)27-2)15(11-22)19(25)28-3/h5-8H,4,9H2,1-3H3/q-1/b16-14+. The Morgan fingerprint density at radius 2 is 1.62 bits per heavy atom. The zero-order chi connectivity index (χ0) is 22.0. The predicted molar refractivity (Wildman–Crippen MR) is 99.9 cm³/mol. The van der Waals surface area contributed by atoms with Gasteiger partial charge in [-0.05, 0) is 12.5 Å². The first kappa shape index (κ1) is 23.0. The van der Waals surface area contributed by atoms with E-state index in [1.54, 1.807) is 6.92 Å². The summed E-state index contributed by atoms with van der Waals surface area (Å²) in [6.45, 7) is 1.89. The van der Waals surface area contributed by atoms with Crippen LogP contribution in [0.4, 0.5) is 0 Å². The van der Waals surface area contributed by atoms with Crippen molar-refractivity contribution in [3.05, 3.63) is 57.5 Å². The Hall–Kier alpha value is -4.02. The molecule has 0 saturated heterocycles. The molecule has 0 heterocycles. The molecule has 0 bridgehead atoms. The molecule has 0 radical (unpaired) electrons. The number of ketones is 1. The van der Waals surface area contributed by atoms with Gasteiger partial charge >= 0.3 is 17.9 Å². The van der Waals surface area contributed by atoms with Crippen LogP contribution in [0.25, 0.3) is 5.41 Å². The number of ether oxygens (including phenoxy) is 3. The first-order chi connectivity index (χ1) is 13.9. The maximum Gasteiger partial charge on any atom is 0.349 e. The molecule has 0 aliphatic rings. The van der Waals surface area contributed by atoms with Gasteiger partial charge in [-0.2, -0.15) is 5.26 Å². The summed E-state index contributed by atoms with van der Waals surface area (Å²) in [6.07, 6.45) is 0.544. The lowest BCUT2D eigenvalue weighted by Crippen LogP contribution is -2.22. The van der Waals surface area contributed by atoms with Crippen molar-refractivity contribution in [3.8, 4) is 6.07 Å². The lowest BCUT2D eigenvalue weighted by molar-refractivity contribution is -0.135. The molecule has 0 aromatic heterocycles. The summed E-state index contributed by atoms with van der Waals surface area (Å²) in [5, 5.41) is 18.7. The average Bonchev–Trinajstić information content (AvgIpc) is 2.76. The third-order valence-electron chi connectivity index (χ3n) is 3.56. The summed E-state index contributed by atoms with van der Waals surface area (Å²) in [6, 6.07) is 6.91. The highest BCUT2D eigenvalue weighted by molar-refractivity contribution is 6.26. The topological polar surface area (TPSA) is 142 Å². The number of hydrogen-bond acceptors (Lipinski definition) is 8. The quantitative estimate of drug-likeness (QED) is 0.123. The molecular formula is C20H17N2O7-. The summed E-state index contributed by atoms with van der Waals surface area (Å²) in [4.78, 5) is 49.5. The highest BCUT2D eigenvalue weighted by Gasteiger charge is 2.31. The van der Waals surface area contributed by atoms with Gasteiger partial charge in [-0.15, -0.1) is 0 Å². The minimum absolute atomic E-state index is 0.105. The SMILES string of the molecule is CCCOC(=O)c1ccccc1C(=O)/C(C(=C=[N-])C(=O)OC)=C(\C#N)C(=O)OC. The van der Waals surface area contributed by atoms with E-state index < -0.39 is 40.4 Å². The van der Waals surface area contributed by atoms with E-state index in [0.29, 0.717) is 6.42 Å². The fraction of sp³-hybridized carbons (Fsp3) is 0.250. The van der Waals surface area contributed by atoms with Crippen LogP contribution in [0.5, 0.6) is 0 Å². The summed E-state index contributed by atoms with van der Waals surface area (Å²) in [7, 11) is 1.92. The summed E-state index contributed by atoms with van der Waals surface area (Å²) < 4.78 is 14.0. The lowest BCUT2D eigenvalue weighted by atomic mass is 9.90. The van der Waals surface area contributed by atoms with E-state index in [0.717, 1.165) is 14.2 Å². The van der Waals surface area contributed by atoms with Crippen molar-refractivity contribution in [2.75, 3.05) is 20.8 Å². The first-order valence-electron chi connectivity index (χ1n) is 8.27. The second kappa shape index (κ2) is 11.0. The van der Waals surface area contributed by atoms with Gasteiger partial charge in [0.25, 0.3) is 0 Å². The number of hydrogen-bond donors (Lipinski definition) is 0. The lowest BCUT2D eigenvalue weighted by Gasteiger charge is -2.13. The van der Waals surface area contributed by atoms with Crippen LogP contribution in [0.2, 0.25) is 0 Å². The first-order valence-corrected chi connectivity index (χ1v) is 8.27. The van der Waals surface area contributed by atoms with Crippen molar-refractivity contribution in [3.63, 3.8) is 0 Å². The third kappa shape index (κ3) is 5.25. The predicted octanol–water partition coefficient (Wildman–Crippen LogP) is 1.77. The smallest absolute Gasteiger partial charge is 0.349 e. The van der Waals surface area contributed by atoms with Crippen LogP contribution in [0.15, 0.2) is 41.0 Å². The number of carbonyl (C=O) groups is 4. The number of esters is 3. The van der Waals surface area contributed by atoms with Crippen LogP contribution in [-0.2, 0) is 23.8 Å². The Balaban J connectivity index is 3.77. The summed E-state index contributed by atoms with van der Waals surface area (Å²) in [5.41, 5.74) is -3.01. The Labute approximate surface area is 166 Å². The van der Waals surface area contributed by atoms with Gasteiger partial charge in [0.1, 0.15) is 11.6 Å². The molecule has 0 unspecified atom stereocenters. The molecule has 0 aliphatic heterocycles. The van der Waals surface area contributed by atoms with E-state index in [2.05, 4.69) is 9.47 Å². The monoisotopic (exact) mass is 397 g/mol. The summed E-state index contributed by atoms with van der Waals surface area (Å²) in [5.74, 6) is -2.91. The molecule has 1 aromatic rings. The van der Waals surface area contributed by atoms with Crippen molar-refractivity contribution in [2.45, 2.75) is 13.3 Å². The van der Waals surface area contributed by atoms with Crippen molar-refractivity contribution >= 4 is 29.6 Å². The zero-order valence-electron chi connectivity index (χ0n) is 16.0. The zero-order valence-corrected chi connectivity index (χ0v) is 16.0. The number of rotatable bonds is 8. The minimum atomic E-state index is -1.24. The van der Waals surface area contributed by atoms with Crippen LogP contribution in [0, 0.1) is 11.3 Å². The second-order valence-corrected chi connectivity index (χ2v) is 5.34. The number of carbonyl (C=O) groups excluding carboxylic acids is 4. The second-order valence-electron chi connectivity index (χ2n) is 5.34. The van der Waals surface area contributed by atoms with Gasteiger partial charge in [0, 0.05) is 5.56 Å². The number of methoxy groups -OCH3 is 2. The summed E-state index contributed by atoms with van der Waals surface area (Å²) >= 11 is 0. The molecule has 9 heteroatoms. The Morgan fingerprint density at radius 1 is 1.03 bits per heavy atom. The highest BCUT2D eigenvalue weighted by Crippen LogP contribution is 2.23. The largest absolute Gasteiger partial charge is 0.763 e. The normalized spacial score (nSPS) is 10.6. The van der Waals surface area contributed by atoms with E-state index in [-0.39, 0.29) is 17.7 Å². The van der Waals surface area contributed by atoms with E-state index >= 15 is 0 Å².